The van der Waals surface area contributed by atoms with E-state index in [-0.39, 0.29) is 42.7 Å². The molecule has 0 saturated carbocycles. The van der Waals surface area contributed by atoms with Gasteiger partial charge in [0.15, 0.2) is 5.79 Å². The smallest absolute Gasteiger partial charge is 0.330 e. The van der Waals surface area contributed by atoms with E-state index >= 15 is 0 Å². The third kappa shape index (κ3) is 5.33. The van der Waals surface area contributed by atoms with Crippen LogP contribution >= 0.6 is 0 Å². The molecule has 5 rings (SSSR count). The molecule has 0 aromatic heterocycles. The molecule has 0 amide bonds. The Morgan fingerprint density at radius 1 is 1.00 bits per heavy atom. The van der Waals surface area contributed by atoms with E-state index in [0.717, 1.165) is 12.0 Å². The van der Waals surface area contributed by atoms with Crippen molar-refractivity contribution in [1.29, 1.82) is 0 Å². The zero-order valence-electron chi connectivity index (χ0n) is 20.9. The molecule has 1 aromatic rings. The minimum Gasteiger partial charge on any atom is -0.466 e. The summed E-state index contributed by atoms with van der Waals surface area (Å²) in [4.78, 5) is 11.7. The van der Waals surface area contributed by atoms with Gasteiger partial charge in [-0.15, -0.1) is 0 Å². The molecule has 0 spiro atoms. The van der Waals surface area contributed by atoms with Gasteiger partial charge in [0, 0.05) is 25.3 Å². The van der Waals surface area contributed by atoms with Gasteiger partial charge in [-0.1, -0.05) is 30.3 Å². The van der Waals surface area contributed by atoms with Gasteiger partial charge in [-0.2, -0.15) is 0 Å². The van der Waals surface area contributed by atoms with Crippen LogP contribution in [0.2, 0.25) is 0 Å². The minimum absolute atomic E-state index is 0.0796. The van der Waals surface area contributed by atoms with E-state index in [0.29, 0.717) is 26.1 Å². The lowest BCUT2D eigenvalue weighted by Crippen LogP contribution is -2.69. The standard InChI is InChI=1S/C27H36O8/c1-26(2)31-16-22-21(34-26)13-20-19(33-22)14-24-27(3,35-20)23(30-15-17-8-6-5-7-9-17)12-18(32-24)10-11-25(28)29-4/h5-11,18-24H,12-16H2,1-4H3/b11-10+/t18-,19+,20-,21+,22-,23+,24-,27+/m1/s1. The second-order valence-corrected chi connectivity index (χ2v) is 10.5. The molecular weight excluding hydrogens is 452 g/mol. The van der Waals surface area contributed by atoms with Crippen molar-refractivity contribution >= 4 is 5.97 Å². The summed E-state index contributed by atoms with van der Waals surface area (Å²) in [7, 11) is 1.36. The van der Waals surface area contributed by atoms with E-state index in [1.54, 1.807) is 6.08 Å². The van der Waals surface area contributed by atoms with E-state index in [4.69, 9.17) is 33.2 Å². The summed E-state index contributed by atoms with van der Waals surface area (Å²) in [5, 5.41) is 0. The van der Waals surface area contributed by atoms with Crippen molar-refractivity contribution in [3.8, 4) is 0 Å². The Morgan fingerprint density at radius 2 is 1.77 bits per heavy atom. The maximum absolute atomic E-state index is 11.7. The van der Waals surface area contributed by atoms with Gasteiger partial charge in [0.25, 0.3) is 0 Å². The van der Waals surface area contributed by atoms with Crippen LogP contribution in [0.25, 0.3) is 0 Å². The summed E-state index contributed by atoms with van der Waals surface area (Å²) in [6.45, 7) is 6.90. The molecule has 4 saturated heterocycles. The molecule has 1 aromatic carbocycles. The summed E-state index contributed by atoms with van der Waals surface area (Å²) in [5.41, 5.74) is 0.429. The number of ether oxygens (including phenoxy) is 7. The number of rotatable bonds is 5. The molecule has 4 fully saturated rings. The first-order valence-corrected chi connectivity index (χ1v) is 12.5. The molecule has 8 nitrogen and oxygen atoms in total. The Bertz CT molecular complexity index is 917. The molecule has 0 N–H and O–H groups in total. The lowest BCUT2D eigenvalue weighted by atomic mass is 9.77. The summed E-state index contributed by atoms with van der Waals surface area (Å²) in [6.07, 6.45) is 3.88. The predicted octanol–water partition coefficient (Wildman–Crippen LogP) is 3.32. The maximum Gasteiger partial charge on any atom is 0.330 e. The summed E-state index contributed by atoms with van der Waals surface area (Å²) >= 11 is 0. The fourth-order valence-corrected chi connectivity index (χ4v) is 5.63. The summed E-state index contributed by atoms with van der Waals surface area (Å²) in [6, 6.07) is 10.1. The fraction of sp³-hybridized carbons (Fsp3) is 0.667. The molecule has 192 valence electrons. The van der Waals surface area contributed by atoms with E-state index < -0.39 is 17.4 Å². The number of hydrogen-bond donors (Lipinski definition) is 0. The van der Waals surface area contributed by atoms with Crippen LogP contribution in [0.5, 0.6) is 0 Å². The molecule has 0 radical (unpaired) electrons. The van der Waals surface area contributed by atoms with Crippen molar-refractivity contribution < 1.29 is 38.0 Å². The van der Waals surface area contributed by atoms with Gasteiger partial charge in [-0.05, 0) is 32.4 Å². The molecule has 0 aliphatic carbocycles. The molecule has 8 heteroatoms. The lowest BCUT2D eigenvalue weighted by Gasteiger charge is -2.57. The largest absolute Gasteiger partial charge is 0.466 e. The number of methoxy groups -OCH3 is 1. The molecule has 4 aliphatic heterocycles. The SMILES string of the molecule is COC(=O)/C=C/[C@@H]1C[C@H](OCc2ccccc2)[C@]2(C)O[C@@H]3C[C@@H]4OC(C)(C)OC[C@H]4O[C@H]3C[C@H]2O1. The Morgan fingerprint density at radius 3 is 2.54 bits per heavy atom. The second-order valence-electron chi connectivity index (χ2n) is 10.5. The molecule has 35 heavy (non-hydrogen) atoms. The highest BCUT2D eigenvalue weighted by atomic mass is 16.7. The molecule has 8 atom stereocenters. The number of carbonyl (C=O) groups excluding carboxylic acids is 1. The van der Waals surface area contributed by atoms with Crippen LogP contribution in [0.15, 0.2) is 42.5 Å². The first-order chi connectivity index (χ1) is 16.8. The Labute approximate surface area is 206 Å². The van der Waals surface area contributed by atoms with Gasteiger partial charge in [0.2, 0.25) is 0 Å². The van der Waals surface area contributed by atoms with Crippen LogP contribution in [0.1, 0.15) is 45.6 Å². The Hall–Kier alpha value is -1.81. The number of carbonyl (C=O) groups is 1. The Kier molecular flexibility index (Phi) is 7.05. The molecule has 0 unspecified atom stereocenters. The van der Waals surface area contributed by atoms with E-state index in [9.17, 15) is 4.79 Å². The van der Waals surface area contributed by atoms with Crippen molar-refractivity contribution in [3.05, 3.63) is 48.0 Å². The van der Waals surface area contributed by atoms with Crippen molar-refractivity contribution in [1.82, 2.24) is 0 Å². The van der Waals surface area contributed by atoms with Gasteiger partial charge >= 0.3 is 5.97 Å². The fourth-order valence-electron chi connectivity index (χ4n) is 5.63. The number of esters is 1. The zero-order chi connectivity index (χ0) is 24.6. The van der Waals surface area contributed by atoms with Crippen molar-refractivity contribution in [2.45, 2.75) is 101 Å². The first-order valence-electron chi connectivity index (χ1n) is 12.5. The third-order valence-corrected chi connectivity index (χ3v) is 7.53. The number of hydrogen-bond acceptors (Lipinski definition) is 8. The molecular formula is C27H36O8. The minimum atomic E-state index is -0.664. The maximum atomic E-state index is 11.7. The van der Waals surface area contributed by atoms with E-state index in [1.165, 1.54) is 13.2 Å². The van der Waals surface area contributed by atoms with E-state index in [1.807, 2.05) is 44.2 Å². The molecule has 0 bridgehead atoms. The normalized spacial score (nSPS) is 40.4. The van der Waals surface area contributed by atoms with Crippen LogP contribution in [0.3, 0.4) is 0 Å². The van der Waals surface area contributed by atoms with Gasteiger partial charge in [0.1, 0.15) is 11.7 Å². The molecule has 4 heterocycles. The third-order valence-electron chi connectivity index (χ3n) is 7.53. The Balaban J connectivity index is 1.35. The van der Waals surface area contributed by atoms with Crippen LogP contribution < -0.4 is 0 Å². The first kappa shape index (κ1) is 24.9. The topological polar surface area (TPSA) is 81.7 Å². The van der Waals surface area contributed by atoms with Crippen molar-refractivity contribution in [3.63, 3.8) is 0 Å². The second kappa shape index (κ2) is 9.92. The summed E-state index contributed by atoms with van der Waals surface area (Å²) < 4.78 is 42.9. The van der Waals surface area contributed by atoms with E-state index in [2.05, 4.69) is 6.92 Å². The van der Waals surface area contributed by atoms with Gasteiger partial charge < -0.3 is 33.2 Å². The predicted molar refractivity (Wildman–Crippen MR) is 126 cm³/mol. The van der Waals surface area contributed by atoms with Crippen LogP contribution in [0.4, 0.5) is 0 Å². The van der Waals surface area contributed by atoms with Gasteiger partial charge in [-0.3, -0.25) is 0 Å². The van der Waals surface area contributed by atoms with Gasteiger partial charge in [0.05, 0.1) is 56.9 Å². The highest BCUT2D eigenvalue weighted by Crippen LogP contribution is 2.46. The summed E-state index contributed by atoms with van der Waals surface area (Å²) in [5.74, 6) is -1.04. The van der Waals surface area contributed by atoms with Gasteiger partial charge in [-0.25, -0.2) is 4.79 Å². The highest BCUT2D eigenvalue weighted by Gasteiger charge is 2.58. The van der Waals surface area contributed by atoms with Crippen LogP contribution in [-0.4, -0.2) is 73.8 Å². The average molecular weight is 489 g/mol. The quantitative estimate of drug-likeness (QED) is 0.461. The zero-order valence-corrected chi connectivity index (χ0v) is 20.9. The molecule has 4 aliphatic rings. The average Bonchev–Trinajstić information content (AvgIpc) is 2.84. The lowest BCUT2D eigenvalue weighted by molar-refractivity contribution is -0.370. The van der Waals surface area contributed by atoms with Crippen LogP contribution in [0, 0.1) is 0 Å². The van der Waals surface area contributed by atoms with Crippen molar-refractivity contribution in [2.75, 3.05) is 13.7 Å². The number of benzene rings is 1. The van der Waals surface area contributed by atoms with Crippen LogP contribution in [-0.2, 0) is 44.6 Å². The highest BCUT2D eigenvalue weighted by molar-refractivity contribution is 5.81. The van der Waals surface area contributed by atoms with Crippen molar-refractivity contribution in [2.24, 2.45) is 0 Å². The monoisotopic (exact) mass is 488 g/mol. The number of fused-ring (bicyclic) bond motifs is 3.